The van der Waals surface area contributed by atoms with Gasteiger partial charge in [0.25, 0.3) is 0 Å². The monoisotopic (exact) mass is 244 g/mol. The van der Waals surface area contributed by atoms with Crippen molar-refractivity contribution in [2.45, 2.75) is 57.7 Å². The van der Waals surface area contributed by atoms with Gasteiger partial charge in [0.2, 0.25) is 0 Å². The van der Waals surface area contributed by atoms with Gasteiger partial charge in [0.05, 0.1) is 19.3 Å². The van der Waals surface area contributed by atoms with E-state index in [0.29, 0.717) is 12.1 Å². The molecule has 1 heterocycles. The van der Waals surface area contributed by atoms with Gasteiger partial charge in [0, 0.05) is 18.1 Å². The molecule has 0 amide bonds. The van der Waals surface area contributed by atoms with Crippen LogP contribution in [0.25, 0.3) is 0 Å². The second-order valence-corrected chi connectivity index (χ2v) is 5.76. The number of unbranched alkanes of at least 4 members (excludes halogenated alkanes) is 1. The van der Waals surface area contributed by atoms with Gasteiger partial charge in [-0.15, -0.1) is 0 Å². The predicted octanol–water partition coefficient (Wildman–Crippen LogP) is 0.976. The van der Waals surface area contributed by atoms with E-state index in [1.165, 1.54) is 0 Å². The van der Waals surface area contributed by atoms with Crippen molar-refractivity contribution in [2.75, 3.05) is 26.3 Å². The highest BCUT2D eigenvalue weighted by molar-refractivity contribution is 4.78. The fourth-order valence-corrected chi connectivity index (χ4v) is 2.21. The van der Waals surface area contributed by atoms with Crippen LogP contribution >= 0.6 is 0 Å². The number of hydrogen-bond acceptors (Lipinski definition) is 4. The van der Waals surface area contributed by atoms with Crippen LogP contribution in [-0.2, 0) is 4.74 Å². The van der Waals surface area contributed by atoms with Crippen LogP contribution in [0.15, 0.2) is 0 Å². The van der Waals surface area contributed by atoms with E-state index >= 15 is 0 Å². The summed E-state index contributed by atoms with van der Waals surface area (Å²) in [6.45, 7) is 9.29. The fraction of sp³-hybridized carbons (Fsp3) is 1.00. The maximum Gasteiger partial charge on any atom is 0.0674 e. The van der Waals surface area contributed by atoms with Crippen molar-refractivity contribution in [3.8, 4) is 0 Å². The van der Waals surface area contributed by atoms with Crippen molar-refractivity contribution in [2.24, 2.45) is 5.73 Å². The van der Waals surface area contributed by atoms with Crippen molar-refractivity contribution >= 4 is 0 Å². The molecule has 0 aliphatic carbocycles. The molecule has 0 aromatic rings. The van der Waals surface area contributed by atoms with Crippen molar-refractivity contribution in [3.63, 3.8) is 0 Å². The molecule has 0 saturated carbocycles. The summed E-state index contributed by atoms with van der Waals surface area (Å²) in [5.74, 6) is 0. The number of nitrogens with zero attached hydrogens (tertiary/aromatic N) is 1. The quantitative estimate of drug-likeness (QED) is 0.684. The number of aliphatic hydroxyl groups excluding tert-OH is 1. The van der Waals surface area contributed by atoms with Crippen LogP contribution in [0.1, 0.15) is 40.0 Å². The number of nitrogens with two attached hydrogens (primary N) is 1. The van der Waals surface area contributed by atoms with Crippen molar-refractivity contribution in [1.82, 2.24) is 4.90 Å². The second kappa shape index (κ2) is 6.69. The van der Waals surface area contributed by atoms with Gasteiger partial charge in [0.15, 0.2) is 0 Å². The number of ether oxygens (including phenoxy) is 1. The van der Waals surface area contributed by atoms with Gasteiger partial charge in [-0.1, -0.05) is 6.42 Å². The standard InChI is InChI=1S/C13H28N2O2/c1-11-9-17-12(2)8-15(11)7-5-4-6-13(3,14)10-16/h11-12,16H,4-10,14H2,1-3H3. The number of rotatable bonds is 6. The molecule has 4 heteroatoms. The smallest absolute Gasteiger partial charge is 0.0674 e. The van der Waals surface area contributed by atoms with Crippen LogP contribution in [0.2, 0.25) is 0 Å². The molecule has 0 radical (unpaired) electrons. The molecule has 1 rings (SSSR count). The highest BCUT2D eigenvalue weighted by atomic mass is 16.5. The molecule has 3 atom stereocenters. The van der Waals surface area contributed by atoms with E-state index in [-0.39, 0.29) is 6.61 Å². The van der Waals surface area contributed by atoms with E-state index in [1.54, 1.807) is 0 Å². The minimum absolute atomic E-state index is 0.0675. The summed E-state index contributed by atoms with van der Waals surface area (Å²) in [4.78, 5) is 2.49. The Hall–Kier alpha value is -0.160. The first-order valence-electron chi connectivity index (χ1n) is 6.70. The lowest BCUT2D eigenvalue weighted by Gasteiger charge is -2.37. The van der Waals surface area contributed by atoms with E-state index in [4.69, 9.17) is 15.6 Å². The first-order chi connectivity index (χ1) is 7.94. The average Bonchev–Trinajstić information content (AvgIpc) is 2.29. The van der Waals surface area contributed by atoms with Crippen molar-refractivity contribution in [1.29, 1.82) is 0 Å². The van der Waals surface area contributed by atoms with Gasteiger partial charge in [-0.25, -0.2) is 0 Å². The van der Waals surface area contributed by atoms with Crippen LogP contribution in [0.4, 0.5) is 0 Å². The minimum Gasteiger partial charge on any atom is -0.394 e. The van der Waals surface area contributed by atoms with Gasteiger partial charge in [0.1, 0.15) is 0 Å². The molecule has 3 N–H and O–H groups in total. The minimum atomic E-state index is -0.413. The summed E-state index contributed by atoms with van der Waals surface area (Å²) >= 11 is 0. The molecule has 1 aliphatic rings. The summed E-state index contributed by atoms with van der Waals surface area (Å²) in [7, 11) is 0. The molecule has 102 valence electrons. The van der Waals surface area contributed by atoms with E-state index in [1.807, 2.05) is 6.92 Å². The Balaban J connectivity index is 2.17. The van der Waals surface area contributed by atoms with Gasteiger partial charge in [-0.3, -0.25) is 4.90 Å². The molecular formula is C13H28N2O2. The molecule has 1 saturated heterocycles. The van der Waals surface area contributed by atoms with E-state index < -0.39 is 5.54 Å². The highest BCUT2D eigenvalue weighted by Crippen LogP contribution is 2.14. The van der Waals surface area contributed by atoms with Crippen molar-refractivity contribution in [3.05, 3.63) is 0 Å². The molecule has 0 bridgehead atoms. The summed E-state index contributed by atoms with van der Waals surface area (Å²) < 4.78 is 5.60. The molecule has 0 aromatic heterocycles. The van der Waals surface area contributed by atoms with Crippen LogP contribution in [0, 0.1) is 0 Å². The molecule has 1 aliphatic heterocycles. The Morgan fingerprint density at radius 2 is 2.12 bits per heavy atom. The van der Waals surface area contributed by atoms with Crippen LogP contribution in [-0.4, -0.2) is 54.0 Å². The normalized spacial score (nSPS) is 30.2. The average molecular weight is 244 g/mol. The van der Waals surface area contributed by atoms with Gasteiger partial charge >= 0.3 is 0 Å². The molecular weight excluding hydrogens is 216 g/mol. The summed E-state index contributed by atoms with van der Waals surface area (Å²) in [5, 5.41) is 9.07. The van der Waals surface area contributed by atoms with Gasteiger partial charge in [-0.05, 0) is 40.2 Å². The van der Waals surface area contributed by atoms with Crippen molar-refractivity contribution < 1.29 is 9.84 Å². The third-order valence-electron chi connectivity index (χ3n) is 3.54. The lowest BCUT2D eigenvalue weighted by molar-refractivity contribution is -0.0497. The maximum atomic E-state index is 9.07. The predicted molar refractivity (Wildman–Crippen MR) is 70.0 cm³/mol. The Kier molecular flexibility index (Phi) is 5.86. The first-order valence-corrected chi connectivity index (χ1v) is 6.70. The zero-order chi connectivity index (χ0) is 12.9. The summed E-state index contributed by atoms with van der Waals surface area (Å²) in [6, 6.07) is 0.522. The lowest BCUT2D eigenvalue weighted by Crippen LogP contribution is -2.47. The molecule has 4 nitrogen and oxygen atoms in total. The Morgan fingerprint density at radius 1 is 1.41 bits per heavy atom. The Morgan fingerprint density at radius 3 is 2.76 bits per heavy atom. The van der Waals surface area contributed by atoms with E-state index in [0.717, 1.165) is 39.0 Å². The van der Waals surface area contributed by atoms with Crippen LogP contribution < -0.4 is 5.73 Å². The van der Waals surface area contributed by atoms with Crippen LogP contribution in [0.3, 0.4) is 0 Å². The number of aliphatic hydroxyl groups is 1. The zero-order valence-corrected chi connectivity index (χ0v) is 11.5. The van der Waals surface area contributed by atoms with Gasteiger partial charge < -0.3 is 15.6 Å². The largest absolute Gasteiger partial charge is 0.394 e. The maximum absolute atomic E-state index is 9.07. The number of morpholine rings is 1. The molecule has 1 fully saturated rings. The molecule has 17 heavy (non-hydrogen) atoms. The third kappa shape index (κ3) is 5.34. The zero-order valence-electron chi connectivity index (χ0n) is 11.5. The van der Waals surface area contributed by atoms with E-state index in [9.17, 15) is 0 Å². The SMILES string of the molecule is CC1CN(CCCCC(C)(N)CO)C(C)CO1. The molecule has 0 spiro atoms. The van der Waals surface area contributed by atoms with Crippen LogP contribution in [0.5, 0.6) is 0 Å². The summed E-state index contributed by atoms with van der Waals surface area (Å²) in [6.07, 6.45) is 3.46. The number of hydrogen-bond donors (Lipinski definition) is 2. The third-order valence-corrected chi connectivity index (χ3v) is 3.54. The first kappa shape index (κ1) is 14.9. The topological polar surface area (TPSA) is 58.7 Å². The van der Waals surface area contributed by atoms with E-state index in [2.05, 4.69) is 18.7 Å². The fourth-order valence-electron chi connectivity index (χ4n) is 2.21. The molecule has 0 aromatic carbocycles. The highest BCUT2D eigenvalue weighted by Gasteiger charge is 2.23. The Bertz CT molecular complexity index is 221. The Labute approximate surface area is 105 Å². The van der Waals surface area contributed by atoms with Gasteiger partial charge in [-0.2, -0.15) is 0 Å². The molecule has 3 unspecified atom stereocenters. The lowest BCUT2D eigenvalue weighted by atomic mass is 9.97. The summed E-state index contributed by atoms with van der Waals surface area (Å²) in [5.41, 5.74) is 5.49. The second-order valence-electron chi connectivity index (χ2n) is 5.76.